The quantitative estimate of drug-likeness (QED) is 0.759. The zero-order valence-electron chi connectivity index (χ0n) is 13.2. The van der Waals surface area contributed by atoms with Crippen molar-refractivity contribution in [3.05, 3.63) is 52.3 Å². The number of benzene rings is 1. The topological polar surface area (TPSA) is 48.1 Å². The molecule has 0 bridgehead atoms. The SMILES string of the molecule is Cc1cc2[nH]c(C(=O)Nc3cccc(F)c3)c(CN(C)C)c2s1. The van der Waals surface area contributed by atoms with E-state index in [0.717, 1.165) is 15.8 Å². The van der Waals surface area contributed by atoms with Gasteiger partial charge in [0, 0.05) is 22.7 Å². The van der Waals surface area contributed by atoms with Gasteiger partial charge >= 0.3 is 0 Å². The van der Waals surface area contributed by atoms with E-state index < -0.39 is 0 Å². The number of carbonyl (C=O) groups excluding carboxylic acids is 1. The number of halogens is 1. The molecular weight excluding hydrogens is 313 g/mol. The number of carbonyl (C=O) groups is 1. The number of fused-ring (bicyclic) bond motifs is 1. The van der Waals surface area contributed by atoms with Crippen LogP contribution in [-0.4, -0.2) is 29.9 Å². The number of hydrogen-bond donors (Lipinski definition) is 2. The molecule has 0 saturated heterocycles. The fourth-order valence-corrected chi connectivity index (χ4v) is 3.58. The van der Waals surface area contributed by atoms with E-state index in [0.29, 0.717) is 17.9 Å². The normalized spacial score (nSPS) is 11.3. The van der Waals surface area contributed by atoms with Crippen molar-refractivity contribution in [2.45, 2.75) is 13.5 Å². The third kappa shape index (κ3) is 3.28. The highest BCUT2D eigenvalue weighted by Gasteiger charge is 2.20. The first-order valence-corrected chi connectivity index (χ1v) is 8.08. The predicted molar refractivity (Wildman–Crippen MR) is 92.7 cm³/mol. The Kier molecular flexibility index (Phi) is 4.19. The lowest BCUT2D eigenvalue weighted by Crippen LogP contribution is -2.18. The van der Waals surface area contributed by atoms with Crippen LogP contribution >= 0.6 is 11.3 Å². The lowest BCUT2D eigenvalue weighted by atomic mass is 10.2. The van der Waals surface area contributed by atoms with Crippen molar-refractivity contribution in [1.82, 2.24) is 9.88 Å². The smallest absolute Gasteiger partial charge is 0.272 e. The monoisotopic (exact) mass is 331 g/mol. The fraction of sp³-hybridized carbons (Fsp3) is 0.235. The minimum atomic E-state index is -0.376. The minimum Gasteiger partial charge on any atom is -0.350 e. The number of H-pyrrole nitrogens is 1. The van der Waals surface area contributed by atoms with E-state index in [1.165, 1.54) is 17.0 Å². The van der Waals surface area contributed by atoms with Gasteiger partial charge in [-0.05, 0) is 45.3 Å². The number of aromatic nitrogens is 1. The number of anilines is 1. The molecule has 3 aromatic rings. The summed E-state index contributed by atoms with van der Waals surface area (Å²) in [5.41, 5.74) is 2.91. The third-order valence-corrected chi connectivity index (χ3v) is 4.58. The number of amides is 1. The molecular formula is C17H18FN3OS. The highest BCUT2D eigenvalue weighted by Crippen LogP contribution is 2.31. The second-order valence-electron chi connectivity index (χ2n) is 5.78. The van der Waals surface area contributed by atoms with Gasteiger partial charge < -0.3 is 15.2 Å². The van der Waals surface area contributed by atoms with Crippen molar-refractivity contribution < 1.29 is 9.18 Å². The van der Waals surface area contributed by atoms with E-state index in [1.807, 2.05) is 32.0 Å². The molecule has 1 amide bonds. The molecule has 4 nitrogen and oxygen atoms in total. The summed E-state index contributed by atoms with van der Waals surface area (Å²) in [7, 11) is 3.93. The largest absolute Gasteiger partial charge is 0.350 e. The number of hydrogen-bond acceptors (Lipinski definition) is 3. The van der Waals surface area contributed by atoms with E-state index in [-0.39, 0.29) is 11.7 Å². The Labute approximate surface area is 137 Å². The summed E-state index contributed by atoms with van der Waals surface area (Å²) < 4.78 is 14.4. The summed E-state index contributed by atoms with van der Waals surface area (Å²) in [4.78, 5) is 19.0. The Morgan fingerprint density at radius 2 is 2.13 bits per heavy atom. The second kappa shape index (κ2) is 6.14. The van der Waals surface area contributed by atoms with Gasteiger partial charge in [0.2, 0.25) is 0 Å². The molecule has 6 heteroatoms. The number of aromatic amines is 1. The first-order valence-electron chi connectivity index (χ1n) is 7.26. The minimum absolute atomic E-state index is 0.256. The van der Waals surface area contributed by atoms with Gasteiger partial charge in [-0.15, -0.1) is 11.3 Å². The Bertz CT molecular complexity index is 866. The fourth-order valence-electron chi connectivity index (χ4n) is 2.58. The van der Waals surface area contributed by atoms with Gasteiger partial charge in [0.1, 0.15) is 11.5 Å². The van der Waals surface area contributed by atoms with E-state index >= 15 is 0 Å². The number of nitrogens with zero attached hydrogens (tertiary/aromatic N) is 1. The zero-order valence-corrected chi connectivity index (χ0v) is 14.1. The lowest BCUT2D eigenvalue weighted by Gasteiger charge is -2.11. The Morgan fingerprint density at radius 3 is 2.83 bits per heavy atom. The average molecular weight is 331 g/mol. The van der Waals surface area contributed by atoms with Crippen molar-refractivity contribution in [2.75, 3.05) is 19.4 Å². The van der Waals surface area contributed by atoms with Gasteiger partial charge in [0.25, 0.3) is 5.91 Å². The van der Waals surface area contributed by atoms with Crippen LogP contribution in [0.4, 0.5) is 10.1 Å². The Hall–Kier alpha value is -2.18. The predicted octanol–water partition coefficient (Wildman–Crippen LogP) is 3.99. The molecule has 0 saturated carbocycles. The van der Waals surface area contributed by atoms with Crippen LogP contribution in [0.3, 0.4) is 0 Å². The van der Waals surface area contributed by atoms with Crippen LogP contribution in [0.1, 0.15) is 20.9 Å². The first-order chi connectivity index (χ1) is 10.9. The summed E-state index contributed by atoms with van der Waals surface area (Å²) in [6.45, 7) is 2.70. The standard InChI is InChI=1S/C17H18FN3OS/c1-10-7-14-16(23-10)13(9-21(2)3)15(20-14)17(22)19-12-6-4-5-11(18)8-12/h4-8,20H,9H2,1-3H3,(H,19,22). The number of nitrogens with one attached hydrogen (secondary N) is 2. The number of aryl methyl sites for hydroxylation is 1. The van der Waals surface area contributed by atoms with Crippen molar-refractivity contribution in [3.8, 4) is 0 Å². The van der Waals surface area contributed by atoms with Gasteiger partial charge in [-0.1, -0.05) is 6.07 Å². The summed E-state index contributed by atoms with van der Waals surface area (Å²) >= 11 is 1.67. The van der Waals surface area contributed by atoms with Gasteiger partial charge in [-0.25, -0.2) is 4.39 Å². The van der Waals surface area contributed by atoms with Gasteiger partial charge in [-0.3, -0.25) is 4.79 Å². The molecule has 0 atom stereocenters. The summed E-state index contributed by atoms with van der Waals surface area (Å²) in [6.07, 6.45) is 0. The molecule has 0 aliphatic carbocycles. The first kappa shape index (κ1) is 15.7. The molecule has 0 aliphatic rings. The molecule has 120 valence electrons. The maximum absolute atomic E-state index is 13.3. The maximum Gasteiger partial charge on any atom is 0.272 e. The molecule has 0 fully saturated rings. The third-order valence-electron chi connectivity index (χ3n) is 3.47. The average Bonchev–Trinajstić information content (AvgIpc) is 2.96. The zero-order chi connectivity index (χ0) is 16.6. The molecule has 2 N–H and O–H groups in total. The van der Waals surface area contributed by atoms with E-state index in [2.05, 4.69) is 10.3 Å². The second-order valence-corrected chi connectivity index (χ2v) is 7.04. The van der Waals surface area contributed by atoms with Crippen LogP contribution in [-0.2, 0) is 6.54 Å². The molecule has 2 aromatic heterocycles. The Balaban J connectivity index is 1.97. The Morgan fingerprint density at radius 1 is 1.35 bits per heavy atom. The van der Waals surface area contributed by atoms with Gasteiger partial charge in [0.05, 0.1) is 10.2 Å². The van der Waals surface area contributed by atoms with E-state index in [9.17, 15) is 9.18 Å². The van der Waals surface area contributed by atoms with Crippen molar-refractivity contribution >= 4 is 33.1 Å². The van der Waals surface area contributed by atoms with Crippen molar-refractivity contribution in [1.29, 1.82) is 0 Å². The molecule has 2 heterocycles. The molecule has 23 heavy (non-hydrogen) atoms. The molecule has 1 aromatic carbocycles. The summed E-state index contributed by atoms with van der Waals surface area (Å²) in [5.74, 6) is -0.632. The van der Waals surface area contributed by atoms with Crippen LogP contribution in [0.25, 0.3) is 10.2 Å². The van der Waals surface area contributed by atoms with E-state index in [4.69, 9.17) is 0 Å². The van der Waals surface area contributed by atoms with Crippen LogP contribution in [0.2, 0.25) is 0 Å². The lowest BCUT2D eigenvalue weighted by molar-refractivity contribution is 0.102. The molecule has 0 spiro atoms. The van der Waals surface area contributed by atoms with Crippen LogP contribution in [0.5, 0.6) is 0 Å². The number of thiophene rings is 1. The molecule has 3 rings (SSSR count). The van der Waals surface area contributed by atoms with Gasteiger partial charge in [-0.2, -0.15) is 0 Å². The van der Waals surface area contributed by atoms with Crippen molar-refractivity contribution in [2.24, 2.45) is 0 Å². The van der Waals surface area contributed by atoms with Crippen LogP contribution in [0.15, 0.2) is 30.3 Å². The molecule has 0 unspecified atom stereocenters. The van der Waals surface area contributed by atoms with Crippen LogP contribution in [0, 0.1) is 12.7 Å². The molecule has 0 radical (unpaired) electrons. The highest BCUT2D eigenvalue weighted by molar-refractivity contribution is 7.19. The van der Waals surface area contributed by atoms with E-state index in [1.54, 1.807) is 23.5 Å². The highest BCUT2D eigenvalue weighted by atomic mass is 32.1. The van der Waals surface area contributed by atoms with Crippen LogP contribution < -0.4 is 5.32 Å². The number of rotatable bonds is 4. The molecule has 0 aliphatic heterocycles. The van der Waals surface area contributed by atoms with Gasteiger partial charge in [0.15, 0.2) is 0 Å². The van der Waals surface area contributed by atoms with Crippen molar-refractivity contribution in [3.63, 3.8) is 0 Å². The summed E-state index contributed by atoms with van der Waals surface area (Å²) in [5, 5.41) is 2.75. The maximum atomic E-state index is 13.3. The summed E-state index contributed by atoms with van der Waals surface area (Å²) in [6, 6.07) is 7.93.